The Bertz CT molecular complexity index is 1020. The Morgan fingerprint density at radius 3 is 2.50 bits per heavy atom. The lowest BCUT2D eigenvalue weighted by molar-refractivity contribution is -0.131. The van der Waals surface area contributed by atoms with Gasteiger partial charge in [0.25, 0.3) is 5.56 Å². The van der Waals surface area contributed by atoms with Crippen molar-refractivity contribution in [3.63, 3.8) is 0 Å². The fourth-order valence-corrected chi connectivity index (χ4v) is 3.46. The van der Waals surface area contributed by atoms with Gasteiger partial charge in [-0.05, 0) is 37.1 Å². The Morgan fingerprint density at radius 1 is 1.08 bits per heavy atom. The lowest BCUT2D eigenvalue weighted by Crippen LogP contribution is -2.31. The van der Waals surface area contributed by atoms with E-state index >= 15 is 0 Å². The number of hydrogen-bond acceptors (Lipinski definition) is 5. The van der Waals surface area contributed by atoms with Crippen LogP contribution < -0.4 is 15.2 Å². The third-order valence-corrected chi connectivity index (χ3v) is 4.55. The summed E-state index contributed by atoms with van der Waals surface area (Å²) < 4.78 is 7.10. The van der Waals surface area contributed by atoms with Gasteiger partial charge in [0.05, 0.1) is 11.1 Å². The Labute approximate surface area is 150 Å². The van der Waals surface area contributed by atoms with Gasteiger partial charge < -0.3 is 9.64 Å². The van der Waals surface area contributed by atoms with Gasteiger partial charge in [-0.15, -0.1) is 0 Å². The summed E-state index contributed by atoms with van der Waals surface area (Å²) in [6, 6.07) is 13.0. The number of hydrogen-bond donors (Lipinski definition) is 0. The second-order valence-electron chi connectivity index (χ2n) is 6.32. The summed E-state index contributed by atoms with van der Waals surface area (Å²) in [4.78, 5) is 31.6. The number of carbonyl (C=O) groups is 1. The number of aromatic nitrogens is 2. The molecule has 4 rings (SSSR count). The van der Waals surface area contributed by atoms with E-state index in [0.29, 0.717) is 22.5 Å². The second kappa shape index (κ2) is 6.63. The molecule has 1 aliphatic rings. The molecule has 3 heterocycles. The molecule has 2 aromatic heterocycles. The van der Waals surface area contributed by atoms with Gasteiger partial charge in [-0.3, -0.25) is 14.2 Å². The topological polar surface area (TPSA) is 64.4 Å². The Morgan fingerprint density at radius 2 is 1.81 bits per heavy atom. The van der Waals surface area contributed by atoms with E-state index < -0.39 is 5.97 Å². The predicted octanol–water partition coefficient (Wildman–Crippen LogP) is 2.91. The normalized spacial score (nSPS) is 14.0. The molecule has 1 fully saturated rings. The maximum absolute atomic E-state index is 13.5. The maximum Gasteiger partial charge on any atom is 0.308 e. The molecule has 0 spiro atoms. The molecule has 3 aromatic rings. The summed E-state index contributed by atoms with van der Waals surface area (Å²) in [5.74, 6) is -0.146. The van der Waals surface area contributed by atoms with Crippen molar-refractivity contribution >= 4 is 22.7 Å². The van der Waals surface area contributed by atoms with Crippen LogP contribution in [0.1, 0.15) is 19.8 Å². The average Bonchev–Trinajstić information content (AvgIpc) is 3.16. The van der Waals surface area contributed by atoms with Crippen molar-refractivity contribution in [2.24, 2.45) is 0 Å². The van der Waals surface area contributed by atoms with Gasteiger partial charge in [-0.1, -0.05) is 18.2 Å². The van der Waals surface area contributed by atoms with E-state index in [1.807, 2.05) is 41.3 Å². The van der Waals surface area contributed by atoms with Crippen molar-refractivity contribution in [1.82, 2.24) is 9.55 Å². The van der Waals surface area contributed by atoms with Gasteiger partial charge in [-0.2, -0.15) is 0 Å². The highest BCUT2D eigenvalue weighted by atomic mass is 16.5. The second-order valence-corrected chi connectivity index (χ2v) is 6.32. The number of para-hydroxylation sites is 1. The van der Waals surface area contributed by atoms with E-state index in [1.54, 1.807) is 16.8 Å². The minimum Gasteiger partial charge on any atom is -0.423 e. The Kier molecular flexibility index (Phi) is 4.16. The molecular formula is C20H19N3O3. The van der Waals surface area contributed by atoms with E-state index in [2.05, 4.69) is 4.98 Å². The van der Waals surface area contributed by atoms with E-state index in [0.717, 1.165) is 31.6 Å². The molecule has 0 atom stereocenters. The minimum absolute atomic E-state index is 0.222. The number of ether oxygens (including phenoxy) is 1. The molecule has 1 saturated heterocycles. The molecule has 0 bridgehead atoms. The summed E-state index contributed by atoms with van der Waals surface area (Å²) >= 11 is 0. The molecule has 0 unspecified atom stereocenters. The molecule has 6 heteroatoms. The van der Waals surface area contributed by atoms with Crippen LogP contribution >= 0.6 is 0 Å². The molecule has 132 valence electrons. The summed E-state index contributed by atoms with van der Waals surface area (Å²) in [6.07, 6.45) is 3.65. The van der Waals surface area contributed by atoms with Crippen LogP contribution in [0.15, 0.2) is 53.5 Å². The zero-order chi connectivity index (χ0) is 18.1. The Balaban J connectivity index is 2.11. The molecule has 0 N–H and O–H groups in total. The SMILES string of the molecule is CC(=O)Oc1c(N2CCCC2)c(=O)n(-c2ccccc2)c2ncccc12. The van der Waals surface area contributed by atoms with Gasteiger partial charge in [-0.25, -0.2) is 4.98 Å². The van der Waals surface area contributed by atoms with E-state index in [1.165, 1.54) is 6.92 Å². The fraction of sp³-hybridized carbons (Fsp3) is 0.250. The average molecular weight is 349 g/mol. The summed E-state index contributed by atoms with van der Waals surface area (Å²) in [5, 5.41) is 0.646. The van der Waals surface area contributed by atoms with Crippen LogP contribution in [0.2, 0.25) is 0 Å². The monoisotopic (exact) mass is 349 g/mol. The van der Waals surface area contributed by atoms with Crippen LogP contribution in [0.3, 0.4) is 0 Å². The predicted molar refractivity (Wildman–Crippen MR) is 100 cm³/mol. The zero-order valence-electron chi connectivity index (χ0n) is 14.5. The van der Waals surface area contributed by atoms with Crippen molar-refractivity contribution in [1.29, 1.82) is 0 Å². The fourth-order valence-electron chi connectivity index (χ4n) is 3.46. The largest absolute Gasteiger partial charge is 0.423 e. The van der Waals surface area contributed by atoms with E-state index in [9.17, 15) is 9.59 Å². The highest BCUT2D eigenvalue weighted by Crippen LogP contribution is 2.35. The standard InChI is InChI=1S/C20H19N3O3/c1-14(24)26-18-16-10-7-11-21-19(16)23(15-8-3-2-4-9-15)20(25)17(18)22-12-5-6-13-22/h2-4,7-11H,5-6,12-13H2,1H3. The lowest BCUT2D eigenvalue weighted by Gasteiger charge is -2.23. The number of carbonyl (C=O) groups excluding carboxylic acids is 1. The number of esters is 1. The van der Waals surface area contributed by atoms with Crippen molar-refractivity contribution in [3.8, 4) is 11.4 Å². The number of nitrogens with zero attached hydrogens (tertiary/aromatic N) is 3. The van der Waals surface area contributed by atoms with Crippen LogP contribution in [0.4, 0.5) is 5.69 Å². The minimum atomic E-state index is -0.451. The molecule has 0 amide bonds. The third-order valence-electron chi connectivity index (χ3n) is 4.55. The molecule has 1 aliphatic heterocycles. The van der Waals surface area contributed by atoms with Gasteiger partial charge in [0.1, 0.15) is 5.69 Å². The van der Waals surface area contributed by atoms with Crippen molar-refractivity contribution in [3.05, 3.63) is 59.0 Å². The third kappa shape index (κ3) is 2.73. The van der Waals surface area contributed by atoms with Crippen LogP contribution in [-0.4, -0.2) is 28.6 Å². The molecule has 0 aliphatic carbocycles. The number of anilines is 1. The molecule has 0 radical (unpaired) electrons. The van der Waals surface area contributed by atoms with E-state index in [-0.39, 0.29) is 5.56 Å². The molecule has 0 saturated carbocycles. The van der Waals surface area contributed by atoms with Gasteiger partial charge >= 0.3 is 5.97 Å². The Hall–Kier alpha value is -3.15. The highest BCUT2D eigenvalue weighted by molar-refractivity contribution is 5.92. The zero-order valence-corrected chi connectivity index (χ0v) is 14.5. The quantitative estimate of drug-likeness (QED) is 0.680. The smallest absolute Gasteiger partial charge is 0.308 e. The van der Waals surface area contributed by atoms with Crippen LogP contribution in [0, 0.1) is 0 Å². The molecule has 26 heavy (non-hydrogen) atoms. The maximum atomic E-state index is 13.5. The van der Waals surface area contributed by atoms with Crippen molar-refractivity contribution in [2.45, 2.75) is 19.8 Å². The van der Waals surface area contributed by atoms with Gasteiger partial charge in [0.2, 0.25) is 0 Å². The summed E-state index contributed by atoms with van der Waals surface area (Å²) in [5.41, 5.74) is 1.42. The first-order chi connectivity index (χ1) is 12.7. The first-order valence-electron chi connectivity index (χ1n) is 8.69. The molecular weight excluding hydrogens is 330 g/mol. The van der Waals surface area contributed by atoms with E-state index in [4.69, 9.17) is 4.74 Å². The number of pyridine rings is 2. The lowest BCUT2D eigenvalue weighted by atomic mass is 10.2. The first-order valence-corrected chi connectivity index (χ1v) is 8.69. The number of rotatable bonds is 3. The van der Waals surface area contributed by atoms with Gasteiger partial charge in [0, 0.05) is 26.2 Å². The van der Waals surface area contributed by atoms with Crippen molar-refractivity contribution < 1.29 is 9.53 Å². The molecule has 6 nitrogen and oxygen atoms in total. The van der Waals surface area contributed by atoms with Gasteiger partial charge in [0.15, 0.2) is 11.4 Å². The highest BCUT2D eigenvalue weighted by Gasteiger charge is 2.26. The van der Waals surface area contributed by atoms with Crippen molar-refractivity contribution in [2.75, 3.05) is 18.0 Å². The number of fused-ring (bicyclic) bond motifs is 1. The van der Waals surface area contributed by atoms with Crippen LogP contribution in [0.5, 0.6) is 5.75 Å². The van der Waals surface area contributed by atoms with Crippen LogP contribution in [0.25, 0.3) is 16.7 Å². The summed E-state index contributed by atoms with van der Waals surface area (Å²) in [6.45, 7) is 2.88. The molecule has 1 aromatic carbocycles. The van der Waals surface area contributed by atoms with Crippen LogP contribution in [-0.2, 0) is 4.79 Å². The summed E-state index contributed by atoms with van der Waals surface area (Å²) in [7, 11) is 0. The number of benzene rings is 1. The first kappa shape index (κ1) is 16.3.